The highest BCUT2D eigenvalue weighted by Crippen LogP contribution is 2.29. The summed E-state index contributed by atoms with van der Waals surface area (Å²) >= 11 is 12.9. The smallest absolute Gasteiger partial charge is 0.166 e. The Kier molecular flexibility index (Phi) is 3.86. The maximum absolute atomic E-state index is 13.5. The molecule has 0 radical (unpaired) electrons. The standard InChI is InChI=1S/C11H9Cl2FN2S/c1-6(9-2-3-10(13)17-9)16-11-8(14)4-7(12)5-15-11/h2-6H,1H3,(H,15,16). The SMILES string of the molecule is CC(Nc1ncc(Cl)cc1F)c1ccc(Cl)s1. The van der Waals surface area contributed by atoms with Crippen LogP contribution in [0.15, 0.2) is 24.4 Å². The summed E-state index contributed by atoms with van der Waals surface area (Å²) in [4.78, 5) is 4.92. The van der Waals surface area contributed by atoms with E-state index in [-0.39, 0.29) is 16.9 Å². The van der Waals surface area contributed by atoms with E-state index in [1.54, 1.807) is 0 Å². The molecule has 0 aromatic carbocycles. The van der Waals surface area contributed by atoms with Crippen molar-refractivity contribution in [2.75, 3.05) is 5.32 Å². The van der Waals surface area contributed by atoms with Gasteiger partial charge < -0.3 is 5.32 Å². The molecule has 0 aliphatic carbocycles. The van der Waals surface area contributed by atoms with Gasteiger partial charge in [0.15, 0.2) is 11.6 Å². The molecular formula is C11H9Cl2FN2S. The second-order valence-electron chi connectivity index (χ2n) is 3.49. The van der Waals surface area contributed by atoms with Gasteiger partial charge >= 0.3 is 0 Å². The third-order valence-corrected chi connectivity index (χ3v) is 3.80. The van der Waals surface area contributed by atoms with E-state index < -0.39 is 5.82 Å². The number of thiophene rings is 1. The number of halogens is 3. The zero-order valence-corrected chi connectivity index (χ0v) is 11.2. The van der Waals surface area contributed by atoms with Crippen LogP contribution >= 0.6 is 34.5 Å². The first-order chi connectivity index (χ1) is 8.06. The van der Waals surface area contributed by atoms with Gasteiger partial charge in [-0.05, 0) is 25.1 Å². The molecule has 0 aliphatic rings. The van der Waals surface area contributed by atoms with Crippen LogP contribution in [0.25, 0.3) is 0 Å². The van der Waals surface area contributed by atoms with Gasteiger partial charge in [0, 0.05) is 11.1 Å². The van der Waals surface area contributed by atoms with Gasteiger partial charge in [-0.3, -0.25) is 0 Å². The Hall–Kier alpha value is -0.840. The second-order valence-corrected chi connectivity index (χ2v) is 5.67. The molecule has 0 saturated heterocycles. The molecule has 6 heteroatoms. The topological polar surface area (TPSA) is 24.9 Å². The van der Waals surface area contributed by atoms with Crippen molar-refractivity contribution < 1.29 is 4.39 Å². The van der Waals surface area contributed by atoms with Gasteiger partial charge in [0.25, 0.3) is 0 Å². The van der Waals surface area contributed by atoms with Gasteiger partial charge in [-0.1, -0.05) is 23.2 Å². The lowest BCUT2D eigenvalue weighted by atomic mass is 10.2. The summed E-state index contributed by atoms with van der Waals surface area (Å²) in [7, 11) is 0. The van der Waals surface area contributed by atoms with Crippen molar-refractivity contribution in [2.45, 2.75) is 13.0 Å². The number of anilines is 1. The lowest BCUT2D eigenvalue weighted by Gasteiger charge is -2.13. The summed E-state index contributed by atoms with van der Waals surface area (Å²) < 4.78 is 14.2. The van der Waals surface area contributed by atoms with Crippen LogP contribution in [0.2, 0.25) is 9.36 Å². The zero-order valence-electron chi connectivity index (χ0n) is 8.88. The molecule has 2 heterocycles. The van der Waals surface area contributed by atoms with Crippen LogP contribution in [-0.4, -0.2) is 4.98 Å². The summed E-state index contributed by atoms with van der Waals surface area (Å²) in [6.07, 6.45) is 1.40. The molecule has 1 unspecified atom stereocenters. The molecule has 2 rings (SSSR count). The van der Waals surface area contributed by atoms with Crippen molar-refractivity contribution in [3.63, 3.8) is 0 Å². The Balaban J connectivity index is 2.15. The molecular weight excluding hydrogens is 282 g/mol. The van der Waals surface area contributed by atoms with E-state index in [4.69, 9.17) is 23.2 Å². The predicted molar refractivity (Wildman–Crippen MR) is 70.6 cm³/mol. The Morgan fingerprint density at radius 2 is 2.18 bits per heavy atom. The summed E-state index contributed by atoms with van der Waals surface area (Å²) in [5.41, 5.74) is 0. The highest BCUT2D eigenvalue weighted by molar-refractivity contribution is 7.16. The van der Waals surface area contributed by atoms with Crippen LogP contribution in [0, 0.1) is 5.82 Å². The molecule has 2 aromatic rings. The maximum Gasteiger partial charge on any atom is 0.166 e. The zero-order chi connectivity index (χ0) is 12.4. The van der Waals surface area contributed by atoms with Gasteiger partial charge in [0.05, 0.1) is 15.4 Å². The highest BCUT2D eigenvalue weighted by atomic mass is 35.5. The van der Waals surface area contributed by atoms with Crippen LogP contribution < -0.4 is 5.32 Å². The summed E-state index contributed by atoms with van der Waals surface area (Å²) in [6, 6.07) is 4.88. The van der Waals surface area contributed by atoms with Crippen molar-refractivity contribution in [1.82, 2.24) is 4.98 Å². The van der Waals surface area contributed by atoms with E-state index >= 15 is 0 Å². The fourth-order valence-electron chi connectivity index (χ4n) is 1.36. The molecule has 0 saturated carbocycles. The Morgan fingerprint density at radius 1 is 1.41 bits per heavy atom. The first-order valence-corrected chi connectivity index (χ1v) is 6.46. The molecule has 0 fully saturated rings. The number of hydrogen-bond donors (Lipinski definition) is 1. The van der Waals surface area contributed by atoms with E-state index in [1.807, 2.05) is 19.1 Å². The van der Waals surface area contributed by atoms with Gasteiger partial charge in [-0.25, -0.2) is 9.37 Å². The Bertz CT molecular complexity index is 530. The van der Waals surface area contributed by atoms with Gasteiger partial charge in [-0.15, -0.1) is 11.3 Å². The quantitative estimate of drug-likeness (QED) is 0.881. The van der Waals surface area contributed by atoms with Gasteiger partial charge in [0.2, 0.25) is 0 Å². The van der Waals surface area contributed by atoms with Crippen molar-refractivity contribution >= 4 is 40.4 Å². The van der Waals surface area contributed by atoms with Gasteiger partial charge in [-0.2, -0.15) is 0 Å². The summed E-state index contributed by atoms with van der Waals surface area (Å²) in [5.74, 6) is -0.279. The Morgan fingerprint density at radius 3 is 2.76 bits per heavy atom. The first-order valence-electron chi connectivity index (χ1n) is 4.89. The highest BCUT2D eigenvalue weighted by Gasteiger charge is 2.11. The third-order valence-electron chi connectivity index (χ3n) is 2.18. The lowest BCUT2D eigenvalue weighted by molar-refractivity contribution is 0.621. The van der Waals surface area contributed by atoms with E-state index in [2.05, 4.69) is 10.3 Å². The van der Waals surface area contributed by atoms with Crippen LogP contribution in [-0.2, 0) is 0 Å². The molecule has 1 atom stereocenters. The van der Waals surface area contributed by atoms with E-state index in [9.17, 15) is 4.39 Å². The number of nitrogens with zero attached hydrogens (tertiary/aromatic N) is 1. The monoisotopic (exact) mass is 290 g/mol. The lowest BCUT2D eigenvalue weighted by Crippen LogP contribution is -2.07. The van der Waals surface area contributed by atoms with Crippen LogP contribution in [0.1, 0.15) is 17.8 Å². The molecule has 0 bridgehead atoms. The minimum Gasteiger partial charge on any atom is -0.360 e. The molecule has 2 aromatic heterocycles. The maximum atomic E-state index is 13.5. The van der Waals surface area contributed by atoms with Crippen LogP contribution in [0.4, 0.5) is 10.2 Å². The molecule has 17 heavy (non-hydrogen) atoms. The summed E-state index contributed by atoms with van der Waals surface area (Å²) in [5, 5.41) is 3.25. The normalized spacial score (nSPS) is 12.5. The average molecular weight is 291 g/mol. The van der Waals surface area contributed by atoms with E-state index in [0.29, 0.717) is 4.34 Å². The van der Waals surface area contributed by atoms with Crippen molar-refractivity contribution in [2.24, 2.45) is 0 Å². The van der Waals surface area contributed by atoms with Crippen molar-refractivity contribution in [1.29, 1.82) is 0 Å². The van der Waals surface area contributed by atoms with Crippen molar-refractivity contribution in [3.8, 4) is 0 Å². The number of rotatable bonds is 3. The number of aromatic nitrogens is 1. The Labute approximate surface area is 112 Å². The number of nitrogens with one attached hydrogen (secondary N) is 1. The second kappa shape index (κ2) is 5.21. The fraction of sp³-hybridized carbons (Fsp3) is 0.182. The van der Waals surface area contributed by atoms with E-state index in [0.717, 1.165) is 4.88 Å². The van der Waals surface area contributed by atoms with Crippen LogP contribution in [0.3, 0.4) is 0 Å². The fourth-order valence-corrected chi connectivity index (χ4v) is 2.57. The van der Waals surface area contributed by atoms with E-state index in [1.165, 1.54) is 23.6 Å². The predicted octanol–water partition coefficient (Wildman–Crippen LogP) is 4.76. The average Bonchev–Trinajstić information content (AvgIpc) is 2.69. The van der Waals surface area contributed by atoms with Crippen molar-refractivity contribution in [3.05, 3.63) is 44.4 Å². The first kappa shape index (κ1) is 12.6. The molecule has 90 valence electrons. The molecule has 0 spiro atoms. The molecule has 2 nitrogen and oxygen atoms in total. The number of pyridine rings is 1. The largest absolute Gasteiger partial charge is 0.360 e. The van der Waals surface area contributed by atoms with Crippen LogP contribution in [0.5, 0.6) is 0 Å². The molecule has 0 amide bonds. The third kappa shape index (κ3) is 3.09. The molecule has 1 N–H and O–H groups in total. The minimum absolute atomic E-state index is 0.0596. The number of hydrogen-bond acceptors (Lipinski definition) is 3. The summed E-state index contributed by atoms with van der Waals surface area (Å²) in [6.45, 7) is 1.91. The minimum atomic E-state index is -0.466. The van der Waals surface area contributed by atoms with Gasteiger partial charge in [0.1, 0.15) is 0 Å². The molecule has 0 aliphatic heterocycles.